The molecule has 92 valence electrons. The predicted octanol–water partition coefficient (Wildman–Crippen LogP) is 2.04. The molecule has 0 aromatic heterocycles. The van der Waals surface area contributed by atoms with Gasteiger partial charge in [0.1, 0.15) is 12.8 Å². The molecule has 1 rings (SSSR count). The van der Waals surface area contributed by atoms with Gasteiger partial charge in [0.25, 0.3) is 0 Å². The van der Waals surface area contributed by atoms with Gasteiger partial charge in [-0.25, -0.2) is 0 Å². The van der Waals surface area contributed by atoms with Crippen LogP contribution in [0.4, 0.5) is 0 Å². The molecule has 1 aliphatic rings. The van der Waals surface area contributed by atoms with Crippen LogP contribution in [0, 0.1) is 0 Å². The summed E-state index contributed by atoms with van der Waals surface area (Å²) in [5, 5.41) is 6.91. The van der Waals surface area contributed by atoms with Crippen LogP contribution in [0.5, 0.6) is 0 Å². The number of hydrogen-bond donors (Lipinski definition) is 0. The highest BCUT2D eigenvalue weighted by Gasteiger charge is 2.30. The Bertz CT molecular complexity index is 373. The lowest BCUT2D eigenvalue weighted by Crippen LogP contribution is -2.38. The van der Waals surface area contributed by atoms with Crippen molar-refractivity contribution in [1.82, 2.24) is 0 Å². The summed E-state index contributed by atoms with van der Waals surface area (Å²) in [6.07, 6.45) is -0.0709. The first-order valence-corrected chi connectivity index (χ1v) is 5.04. The first kappa shape index (κ1) is 13.1. The van der Waals surface area contributed by atoms with Gasteiger partial charge in [-0.15, -0.1) is 0 Å². The Morgan fingerprint density at radius 3 is 2.71 bits per heavy atom. The van der Waals surface area contributed by atoms with E-state index in [-0.39, 0.29) is 12.7 Å². The third kappa shape index (κ3) is 4.20. The lowest BCUT2D eigenvalue weighted by molar-refractivity contribution is -0.150. The fraction of sp³-hybridized carbons (Fsp3) is 0.875. The maximum Gasteiger partial charge on any atom is 0.302 e. The molecule has 1 heterocycles. The number of ether oxygens (including phenoxy) is 2. The molecule has 3 atom stereocenters. The fourth-order valence-corrected chi connectivity index (χ4v) is 1.52. The molecule has 0 amide bonds. The molecule has 0 saturated carbocycles. The van der Waals surface area contributed by atoms with Crippen LogP contribution in [0.25, 0.3) is 20.9 Å². The standard InChI is InChI=1S/C8H12N6O3/c1-5(15)16-4-6-2-3-7(11-13-9)8(17-6)12-14-10/h6-8H,2-4H2,1H3/t6-,7-,8-/m0/s1. The van der Waals surface area contributed by atoms with Crippen LogP contribution in [-0.4, -0.2) is 30.9 Å². The minimum absolute atomic E-state index is 0.107. The van der Waals surface area contributed by atoms with Crippen LogP contribution in [0.15, 0.2) is 10.2 Å². The van der Waals surface area contributed by atoms with E-state index in [0.29, 0.717) is 12.8 Å². The van der Waals surface area contributed by atoms with E-state index in [1.54, 1.807) is 0 Å². The highest BCUT2D eigenvalue weighted by molar-refractivity contribution is 5.65. The van der Waals surface area contributed by atoms with Gasteiger partial charge in [0.2, 0.25) is 0 Å². The zero-order valence-electron chi connectivity index (χ0n) is 9.26. The average molecular weight is 240 g/mol. The lowest BCUT2D eigenvalue weighted by atomic mass is 10.0. The maximum absolute atomic E-state index is 10.6. The first-order chi connectivity index (χ1) is 8.17. The summed E-state index contributed by atoms with van der Waals surface area (Å²) in [7, 11) is 0. The van der Waals surface area contributed by atoms with Crippen LogP contribution in [0.1, 0.15) is 19.8 Å². The summed E-state index contributed by atoms with van der Waals surface area (Å²) < 4.78 is 10.2. The van der Waals surface area contributed by atoms with E-state index in [1.807, 2.05) is 0 Å². The number of azide groups is 2. The third-order valence-corrected chi connectivity index (χ3v) is 2.28. The molecule has 0 N–H and O–H groups in total. The summed E-state index contributed by atoms with van der Waals surface area (Å²) in [5.74, 6) is -0.397. The number of nitrogens with zero attached hydrogens (tertiary/aromatic N) is 6. The number of carbonyl (C=O) groups excluding carboxylic acids is 1. The first-order valence-electron chi connectivity index (χ1n) is 5.04. The summed E-state index contributed by atoms with van der Waals surface area (Å²) in [6, 6.07) is -0.510. The highest BCUT2D eigenvalue weighted by Crippen LogP contribution is 2.23. The van der Waals surface area contributed by atoms with Gasteiger partial charge in [0.15, 0.2) is 0 Å². The van der Waals surface area contributed by atoms with Crippen molar-refractivity contribution >= 4 is 5.97 Å². The van der Waals surface area contributed by atoms with Crippen LogP contribution in [-0.2, 0) is 14.3 Å². The average Bonchev–Trinajstić information content (AvgIpc) is 2.30. The monoisotopic (exact) mass is 240 g/mol. The molecule has 0 unspecified atom stereocenters. The van der Waals surface area contributed by atoms with Gasteiger partial charge in [-0.05, 0) is 23.9 Å². The Morgan fingerprint density at radius 1 is 1.41 bits per heavy atom. The molecule has 17 heavy (non-hydrogen) atoms. The number of rotatable bonds is 4. The molecule has 9 heteroatoms. The summed E-state index contributed by atoms with van der Waals surface area (Å²) in [4.78, 5) is 15.9. The molecule has 0 aromatic rings. The van der Waals surface area contributed by atoms with Gasteiger partial charge in [-0.2, -0.15) is 0 Å². The topological polar surface area (TPSA) is 133 Å². The second-order valence-electron chi connectivity index (χ2n) is 3.51. The van der Waals surface area contributed by atoms with E-state index in [0.717, 1.165) is 0 Å². The predicted molar refractivity (Wildman–Crippen MR) is 56.6 cm³/mol. The Balaban J connectivity index is 2.58. The Kier molecular flexibility index (Phi) is 5.09. The van der Waals surface area contributed by atoms with Crippen molar-refractivity contribution in [1.29, 1.82) is 0 Å². The van der Waals surface area contributed by atoms with E-state index < -0.39 is 18.2 Å². The van der Waals surface area contributed by atoms with Crippen molar-refractivity contribution in [2.24, 2.45) is 10.2 Å². The SMILES string of the molecule is CC(=O)OC[C@@H]1CC[C@H](N=[N+]=[N-])[C@@H](N=[N+]=[N-])O1. The van der Waals surface area contributed by atoms with Crippen molar-refractivity contribution in [2.45, 2.75) is 38.1 Å². The minimum Gasteiger partial charge on any atom is -0.463 e. The van der Waals surface area contributed by atoms with E-state index in [1.165, 1.54) is 6.92 Å². The quantitative estimate of drug-likeness (QED) is 0.322. The van der Waals surface area contributed by atoms with E-state index in [4.69, 9.17) is 20.5 Å². The van der Waals surface area contributed by atoms with Gasteiger partial charge in [-0.3, -0.25) is 4.79 Å². The van der Waals surface area contributed by atoms with Crippen molar-refractivity contribution < 1.29 is 14.3 Å². The molecule has 0 spiro atoms. The molecule has 9 nitrogen and oxygen atoms in total. The van der Waals surface area contributed by atoms with Crippen LogP contribution >= 0.6 is 0 Å². The highest BCUT2D eigenvalue weighted by atomic mass is 16.6. The third-order valence-electron chi connectivity index (χ3n) is 2.28. The second-order valence-corrected chi connectivity index (χ2v) is 3.51. The Labute approximate surface area is 96.9 Å². The molecule has 1 saturated heterocycles. The number of esters is 1. The van der Waals surface area contributed by atoms with Gasteiger partial charge in [0.05, 0.1) is 12.1 Å². The van der Waals surface area contributed by atoms with Crippen molar-refractivity contribution in [2.75, 3.05) is 6.61 Å². The molecular formula is C8H12N6O3. The minimum atomic E-state index is -0.842. The molecule has 0 radical (unpaired) electrons. The molecular weight excluding hydrogens is 228 g/mol. The lowest BCUT2D eigenvalue weighted by Gasteiger charge is -2.31. The normalized spacial score (nSPS) is 27.5. The summed E-state index contributed by atoms with van der Waals surface area (Å²) >= 11 is 0. The van der Waals surface area contributed by atoms with Crippen molar-refractivity contribution in [3.8, 4) is 0 Å². The smallest absolute Gasteiger partial charge is 0.302 e. The number of carbonyl (C=O) groups is 1. The van der Waals surface area contributed by atoms with Crippen LogP contribution in [0.2, 0.25) is 0 Å². The Morgan fingerprint density at radius 2 is 2.12 bits per heavy atom. The Hall–Kier alpha value is -1.95. The van der Waals surface area contributed by atoms with Gasteiger partial charge >= 0.3 is 5.97 Å². The van der Waals surface area contributed by atoms with Crippen LogP contribution in [0.3, 0.4) is 0 Å². The van der Waals surface area contributed by atoms with E-state index in [9.17, 15) is 4.79 Å². The van der Waals surface area contributed by atoms with Gasteiger partial charge in [0, 0.05) is 16.7 Å². The zero-order valence-corrected chi connectivity index (χ0v) is 9.26. The molecule has 1 fully saturated rings. The van der Waals surface area contributed by atoms with Gasteiger partial charge < -0.3 is 9.47 Å². The maximum atomic E-state index is 10.6. The van der Waals surface area contributed by atoms with Crippen LogP contribution < -0.4 is 0 Å². The van der Waals surface area contributed by atoms with E-state index in [2.05, 4.69) is 20.1 Å². The van der Waals surface area contributed by atoms with Crippen molar-refractivity contribution in [3.05, 3.63) is 20.9 Å². The van der Waals surface area contributed by atoms with E-state index >= 15 is 0 Å². The molecule has 0 bridgehead atoms. The van der Waals surface area contributed by atoms with Gasteiger partial charge in [-0.1, -0.05) is 10.2 Å². The molecule has 0 aliphatic carbocycles. The summed E-state index contributed by atoms with van der Waals surface area (Å²) in [5.41, 5.74) is 16.7. The fourth-order valence-electron chi connectivity index (χ4n) is 1.52. The summed E-state index contributed by atoms with van der Waals surface area (Å²) in [6.45, 7) is 1.41. The molecule has 1 aliphatic heterocycles. The molecule has 0 aromatic carbocycles. The van der Waals surface area contributed by atoms with Crippen molar-refractivity contribution in [3.63, 3.8) is 0 Å². The second kappa shape index (κ2) is 6.59. The largest absolute Gasteiger partial charge is 0.463 e. The number of hydrogen-bond acceptors (Lipinski definition) is 5. The zero-order chi connectivity index (χ0) is 12.7.